The van der Waals surface area contributed by atoms with Crippen LogP contribution in [0.3, 0.4) is 0 Å². The fraction of sp³-hybridized carbons (Fsp3) is 0.385. The maximum Gasteiger partial charge on any atom is 0.244 e. The maximum absolute atomic E-state index is 12.5. The summed E-state index contributed by atoms with van der Waals surface area (Å²) in [6.07, 6.45) is 0.840. The molecule has 1 fully saturated rings. The summed E-state index contributed by atoms with van der Waals surface area (Å²) in [5, 5.41) is 9.00. The minimum atomic E-state index is -3.70. The van der Waals surface area contributed by atoms with Crippen LogP contribution in [0.25, 0.3) is 0 Å². The monoisotopic (exact) mass is 293 g/mol. The summed E-state index contributed by atoms with van der Waals surface area (Å²) < 4.78 is 26.3. The van der Waals surface area contributed by atoms with Crippen molar-refractivity contribution in [1.29, 1.82) is 5.26 Å². The highest BCUT2D eigenvalue weighted by Gasteiger charge is 2.32. The van der Waals surface area contributed by atoms with Crippen LogP contribution in [0.5, 0.6) is 0 Å². The Kier molecular flexibility index (Phi) is 4.06. The van der Waals surface area contributed by atoms with Crippen LogP contribution in [0.4, 0.5) is 0 Å². The minimum Gasteiger partial charge on any atom is -0.369 e. The van der Waals surface area contributed by atoms with Gasteiger partial charge in [0.15, 0.2) is 0 Å². The Labute approximate surface area is 117 Å². The van der Waals surface area contributed by atoms with Crippen molar-refractivity contribution >= 4 is 15.9 Å². The van der Waals surface area contributed by atoms with Gasteiger partial charge in [-0.3, -0.25) is 4.79 Å². The van der Waals surface area contributed by atoms with E-state index < -0.39 is 10.0 Å². The molecular weight excluding hydrogens is 278 g/mol. The number of benzene rings is 1. The van der Waals surface area contributed by atoms with Gasteiger partial charge in [-0.1, -0.05) is 12.1 Å². The fourth-order valence-corrected chi connectivity index (χ4v) is 3.92. The molecule has 0 aromatic heterocycles. The number of hydrogen-bond acceptors (Lipinski definition) is 4. The van der Waals surface area contributed by atoms with Gasteiger partial charge >= 0.3 is 0 Å². The summed E-state index contributed by atoms with van der Waals surface area (Å²) >= 11 is 0. The van der Waals surface area contributed by atoms with E-state index in [0.717, 1.165) is 0 Å². The third kappa shape index (κ3) is 2.66. The number of nitrogens with zero attached hydrogens (tertiary/aromatic N) is 2. The molecule has 1 heterocycles. The van der Waals surface area contributed by atoms with Crippen LogP contribution in [0.1, 0.15) is 18.4 Å². The topological polar surface area (TPSA) is 104 Å². The molecule has 1 saturated heterocycles. The zero-order valence-electron chi connectivity index (χ0n) is 10.8. The van der Waals surface area contributed by atoms with Crippen LogP contribution in [-0.4, -0.2) is 31.7 Å². The lowest BCUT2D eigenvalue weighted by molar-refractivity contribution is -0.122. The molecule has 1 aromatic carbocycles. The largest absolute Gasteiger partial charge is 0.369 e. The number of primary amides is 1. The predicted octanol–water partition coefficient (Wildman–Crippen LogP) is 0.444. The molecule has 1 amide bonds. The van der Waals surface area contributed by atoms with E-state index in [0.29, 0.717) is 12.8 Å². The van der Waals surface area contributed by atoms with Gasteiger partial charge in [-0.15, -0.1) is 0 Å². The van der Waals surface area contributed by atoms with Crippen molar-refractivity contribution in [3.63, 3.8) is 0 Å². The van der Waals surface area contributed by atoms with Crippen LogP contribution >= 0.6 is 0 Å². The summed E-state index contributed by atoms with van der Waals surface area (Å²) in [6.45, 7) is 0.491. The highest BCUT2D eigenvalue weighted by molar-refractivity contribution is 7.89. The first-order valence-electron chi connectivity index (χ1n) is 6.25. The second-order valence-electron chi connectivity index (χ2n) is 4.69. The van der Waals surface area contributed by atoms with Gasteiger partial charge in [0, 0.05) is 19.0 Å². The molecule has 1 aliphatic heterocycles. The van der Waals surface area contributed by atoms with E-state index in [9.17, 15) is 13.2 Å². The van der Waals surface area contributed by atoms with E-state index in [-0.39, 0.29) is 35.4 Å². The minimum absolute atomic E-state index is 0.0139. The van der Waals surface area contributed by atoms with Crippen molar-refractivity contribution in [1.82, 2.24) is 4.31 Å². The van der Waals surface area contributed by atoms with E-state index in [1.165, 1.54) is 16.4 Å². The number of hydrogen-bond donors (Lipinski definition) is 1. The predicted molar refractivity (Wildman–Crippen MR) is 71.8 cm³/mol. The number of sulfonamides is 1. The lowest BCUT2D eigenvalue weighted by atomic mass is 9.98. The number of amides is 1. The standard InChI is InChI=1S/C13H15N3O3S/c14-9-11-3-1-2-4-12(11)20(18,19)16-7-5-10(6-8-16)13(15)17/h1-4,10H,5-8H2,(H2,15,17). The smallest absolute Gasteiger partial charge is 0.244 e. The number of carbonyl (C=O) groups excluding carboxylic acids is 1. The van der Waals surface area contributed by atoms with Gasteiger partial charge in [-0.2, -0.15) is 9.57 Å². The Morgan fingerprint density at radius 2 is 1.90 bits per heavy atom. The third-order valence-corrected chi connectivity index (χ3v) is 5.44. The van der Waals surface area contributed by atoms with Crippen LogP contribution in [0.2, 0.25) is 0 Å². The second kappa shape index (κ2) is 5.61. The Morgan fingerprint density at radius 3 is 2.45 bits per heavy atom. The van der Waals surface area contributed by atoms with Gasteiger partial charge in [0.25, 0.3) is 0 Å². The maximum atomic E-state index is 12.5. The zero-order chi connectivity index (χ0) is 14.8. The SMILES string of the molecule is N#Cc1ccccc1S(=O)(=O)N1CCC(C(N)=O)CC1. The molecule has 1 aliphatic rings. The molecule has 0 atom stereocenters. The fourth-order valence-electron chi connectivity index (χ4n) is 2.30. The van der Waals surface area contributed by atoms with Crippen LogP contribution < -0.4 is 5.73 Å². The molecular formula is C13H15N3O3S. The lowest BCUT2D eigenvalue weighted by Gasteiger charge is -2.29. The van der Waals surface area contributed by atoms with Gasteiger partial charge < -0.3 is 5.73 Å². The van der Waals surface area contributed by atoms with Gasteiger partial charge in [0.2, 0.25) is 15.9 Å². The average molecular weight is 293 g/mol. The van der Waals surface area contributed by atoms with E-state index in [2.05, 4.69) is 0 Å². The molecule has 0 spiro atoms. The van der Waals surface area contributed by atoms with E-state index in [4.69, 9.17) is 11.0 Å². The Morgan fingerprint density at radius 1 is 1.30 bits per heavy atom. The lowest BCUT2D eigenvalue weighted by Crippen LogP contribution is -2.41. The Balaban J connectivity index is 2.25. The Bertz CT molecular complexity index is 656. The van der Waals surface area contributed by atoms with Crippen molar-refractivity contribution in [2.75, 3.05) is 13.1 Å². The van der Waals surface area contributed by atoms with Crippen molar-refractivity contribution in [2.24, 2.45) is 11.7 Å². The first-order chi connectivity index (χ1) is 9.46. The number of rotatable bonds is 3. The van der Waals surface area contributed by atoms with E-state index in [1.807, 2.05) is 6.07 Å². The number of piperidine rings is 1. The van der Waals surface area contributed by atoms with E-state index >= 15 is 0 Å². The summed E-state index contributed by atoms with van der Waals surface area (Å²) in [4.78, 5) is 11.1. The molecule has 0 saturated carbocycles. The van der Waals surface area contributed by atoms with Gasteiger partial charge in [-0.25, -0.2) is 8.42 Å². The van der Waals surface area contributed by atoms with Crippen molar-refractivity contribution in [2.45, 2.75) is 17.7 Å². The normalized spacial score (nSPS) is 17.6. The molecule has 1 aromatic rings. The molecule has 20 heavy (non-hydrogen) atoms. The van der Waals surface area contributed by atoms with Gasteiger partial charge in [0.05, 0.1) is 10.5 Å². The van der Waals surface area contributed by atoms with E-state index in [1.54, 1.807) is 12.1 Å². The number of nitrogens with two attached hydrogens (primary N) is 1. The van der Waals surface area contributed by atoms with Crippen molar-refractivity contribution < 1.29 is 13.2 Å². The molecule has 2 N–H and O–H groups in total. The second-order valence-corrected chi connectivity index (χ2v) is 6.60. The molecule has 0 aliphatic carbocycles. The van der Waals surface area contributed by atoms with Crippen LogP contribution in [0.15, 0.2) is 29.2 Å². The van der Waals surface area contributed by atoms with Gasteiger partial charge in [0.1, 0.15) is 6.07 Å². The number of carbonyl (C=O) groups is 1. The zero-order valence-corrected chi connectivity index (χ0v) is 11.6. The molecule has 6 nitrogen and oxygen atoms in total. The summed E-state index contributed by atoms with van der Waals surface area (Å²) in [6, 6.07) is 8.00. The molecule has 106 valence electrons. The third-order valence-electron chi connectivity index (χ3n) is 3.48. The molecule has 0 unspecified atom stereocenters. The van der Waals surface area contributed by atoms with Gasteiger partial charge in [-0.05, 0) is 25.0 Å². The molecule has 2 rings (SSSR count). The quantitative estimate of drug-likeness (QED) is 0.873. The summed E-state index contributed by atoms with van der Waals surface area (Å²) in [5.74, 6) is -0.660. The highest BCUT2D eigenvalue weighted by Crippen LogP contribution is 2.25. The molecule has 0 bridgehead atoms. The van der Waals surface area contributed by atoms with Crippen LogP contribution in [0, 0.1) is 17.2 Å². The Hall–Kier alpha value is -1.91. The van der Waals surface area contributed by atoms with Crippen LogP contribution in [-0.2, 0) is 14.8 Å². The summed E-state index contributed by atoms with van der Waals surface area (Å²) in [5.41, 5.74) is 5.36. The first-order valence-corrected chi connectivity index (χ1v) is 7.69. The highest BCUT2D eigenvalue weighted by atomic mass is 32.2. The molecule has 7 heteroatoms. The molecule has 0 radical (unpaired) electrons. The summed E-state index contributed by atoms with van der Waals surface area (Å²) in [7, 11) is -3.70. The number of nitriles is 1. The van der Waals surface area contributed by atoms with Crippen molar-refractivity contribution in [3.8, 4) is 6.07 Å². The average Bonchev–Trinajstić information content (AvgIpc) is 2.47. The van der Waals surface area contributed by atoms with Crippen molar-refractivity contribution in [3.05, 3.63) is 29.8 Å². The first kappa shape index (κ1) is 14.5.